The molecular formula is C52H40N2. The zero-order chi connectivity index (χ0) is 35.9. The molecule has 2 nitrogen and oxygen atoms in total. The molecule has 2 heteroatoms. The van der Waals surface area contributed by atoms with Gasteiger partial charge in [0.25, 0.3) is 0 Å². The number of nitrogens with zero attached hydrogens (tertiary/aromatic N) is 2. The fourth-order valence-corrected chi connectivity index (χ4v) is 9.63. The molecule has 11 rings (SSSR count). The Bertz CT molecular complexity index is 3040. The first-order valence-corrected chi connectivity index (χ1v) is 19.3. The van der Waals surface area contributed by atoms with Crippen LogP contribution >= 0.6 is 0 Å². The quantitative estimate of drug-likeness (QED) is 0.174. The average Bonchev–Trinajstić information content (AvgIpc) is 3.72. The molecule has 0 saturated carbocycles. The molecule has 0 aliphatic heterocycles. The van der Waals surface area contributed by atoms with Crippen molar-refractivity contribution in [2.75, 3.05) is 0 Å². The summed E-state index contributed by atoms with van der Waals surface area (Å²) in [4.78, 5) is 0. The van der Waals surface area contributed by atoms with Crippen molar-refractivity contribution in [3.05, 3.63) is 186 Å². The van der Waals surface area contributed by atoms with Crippen molar-refractivity contribution in [2.24, 2.45) is 0 Å². The second-order valence-corrected chi connectivity index (χ2v) is 15.3. The van der Waals surface area contributed by atoms with E-state index in [1.807, 2.05) is 0 Å². The van der Waals surface area contributed by atoms with Gasteiger partial charge in [0.2, 0.25) is 0 Å². The molecule has 0 bridgehead atoms. The minimum atomic E-state index is 0.276. The lowest BCUT2D eigenvalue weighted by Gasteiger charge is -2.25. The zero-order valence-electron chi connectivity index (χ0n) is 30.7. The van der Waals surface area contributed by atoms with Crippen molar-refractivity contribution < 1.29 is 0 Å². The molecule has 2 heterocycles. The Morgan fingerprint density at radius 1 is 0.500 bits per heavy atom. The van der Waals surface area contributed by atoms with Crippen LogP contribution in [0.1, 0.15) is 34.7 Å². The summed E-state index contributed by atoms with van der Waals surface area (Å²) in [6, 6.07) is 52.7. The second kappa shape index (κ2) is 12.1. The molecule has 1 atom stereocenters. The molecule has 2 aliphatic rings. The maximum absolute atomic E-state index is 2.66. The Morgan fingerprint density at radius 3 is 1.87 bits per heavy atom. The van der Waals surface area contributed by atoms with Crippen molar-refractivity contribution in [2.45, 2.75) is 39.2 Å². The third kappa shape index (κ3) is 4.66. The van der Waals surface area contributed by atoms with Gasteiger partial charge in [-0.25, -0.2) is 0 Å². The molecule has 9 aromatic rings. The lowest BCUT2D eigenvalue weighted by molar-refractivity contribution is 0.645. The van der Waals surface area contributed by atoms with Crippen LogP contribution < -0.4 is 0 Å². The number of rotatable bonds is 4. The number of hydrogen-bond acceptors (Lipinski definition) is 0. The highest BCUT2D eigenvalue weighted by atomic mass is 15.0. The normalized spacial score (nSPS) is 15.0. The van der Waals surface area contributed by atoms with Crippen molar-refractivity contribution in [3.8, 4) is 39.1 Å². The number of aryl methyl sites for hydroxylation is 4. The highest BCUT2D eigenvalue weighted by molar-refractivity contribution is 6.14. The fraction of sp³-hybridized carbons (Fsp3) is 0.115. The molecule has 0 radical (unpaired) electrons. The van der Waals surface area contributed by atoms with Crippen LogP contribution in [-0.4, -0.2) is 9.13 Å². The van der Waals surface area contributed by atoms with E-state index in [1.54, 1.807) is 0 Å². The van der Waals surface area contributed by atoms with Gasteiger partial charge in [0.1, 0.15) is 0 Å². The van der Waals surface area contributed by atoms with E-state index in [0.717, 1.165) is 19.3 Å². The smallest absolute Gasteiger partial charge is 0.0560 e. The molecule has 0 spiro atoms. The maximum Gasteiger partial charge on any atom is 0.0560 e. The number of allylic oxidation sites excluding steroid dienone is 4. The molecule has 0 fully saturated rings. The van der Waals surface area contributed by atoms with Gasteiger partial charge in [0.05, 0.1) is 22.6 Å². The van der Waals surface area contributed by atoms with Crippen LogP contribution in [0.3, 0.4) is 0 Å². The molecule has 2 aromatic heterocycles. The summed E-state index contributed by atoms with van der Waals surface area (Å²) >= 11 is 0. The number of hydrogen-bond donors (Lipinski definition) is 0. The van der Waals surface area contributed by atoms with Gasteiger partial charge in [-0.15, -0.1) is 0 Å². The van der Waals surface area contributed by atoms with Crippen LogP contribution in [0.4, 0.5) is 0 Å². The van der Waals surface area contributed by atoms with Gasteiger partial charge in [-0.1, -0.05) is 115 Å². The molecule has 0 saturated heterocycles. The van der Waals surface area contributed by atoms with Crippen LogP contribution in [0.5, 0.6) is 0 Å². The predicted octanol–water partition coefficient (Wildman–Crippen LogP) is 13.7. The van der Waals surface area contributed by atoms with Gasteiger partial charge >= 0.3 is 0 Å². The Labute approximate surface area is 315 Å². The van der Waals surface area contributed by atoms with Gasteiger partial charge in [0, 0.05) is 32.7 Å². The Hall–Kier alpha value is -6.38. The molecule has 1 unspecified atom stereocenters. The number of aromatic nitrogens is 2. The number of benzene rings is 7. The van der Waals surface area contributed by atoms with Crippen LogP contribution in [0.2, 0.25) is 0 Å². The van der Waals surface area contributed by atoms with Crippen molar-refractivity contribution in [1.82, 2.24) is 9.13 Å². The molecule has 0 N–H and O–H groups in total. The molecule has 0 amide bonds. The van der Waals surface area contributed by atoms with Gasteiger partial charge in [-0.05, 0) is 137 Å². The molecule has 258 valence electrons. The lowest BCUT2D eigenvalue weighted by atomic mass is 9.83. The van der Waals surface area contributed by atoms with E-state index in [1.165, 1.54) is 105 Å². The Morgan fingerprint density at radius 2 is 1.17 bits per heavy atom. The van der Waals surface area contributed by atoms with Crippen LogP contribution in [0.15, 0.2) is 164 Å². The van der Waals surface area contributed by atoms with Crippen LogP contribution in [-0.2, 0) is 12.8 Å². The SMILES string of the molecule is Cc1ccccc1-c1ccc2c(c1)c1cc3c(cc1n2-c1ccccc1)-c1ccc2c4cc(-c5ccccc5C)ccc4n(C4C=CC=CC4)c2c1CC3. The fourth-order valence-electron chi connectivity index (χ4n) is 9.63. The van der Waals surface area contributed by atoms with Crippen molar-refractivity contribution in [3.63, 3.8) is 0 Å². The topological polar surface area (TPSA) is 9.86 Å². The monoisotopic (exact) mass is 692 g/mol. The number of para-hydroxylation sites is 1. The van der Waals surface area contributed by atoms with Crippen molar-refractivity contribution in [1.29, 1.82) is 0 Å². The summed E-state index contributed by atoms with van der Waals surface area (Å²) in [5.74, 6) is 0. The molecule has 54 heavy (non-hydrogen) atoms. The molecule has 2 aliphatic carbocycles. The highest BCUT2D eigenvalue weighted by Crippen LogP contribution is 2.46. The summed E-state index contributed by atoms with van der Waals surface area (Å²) in [6.45, 7) is 4.43. The average molecular weight is 693 g/mol. The van der Waals surface area contributed by atoms with E-state index in [4.69, 9.17) is 0 Å². The third-order valence-corrected chi connectivity index (χ3v) is 12.2. The number of fused-ring (bicyclic) bond motifs is 10. The largest absolute Gasteiger partial charge is 0.333 e. The van der Waals surface area contributed by atoms with Gasteiger partial charge in [0.15, 0.2) is 0 Å². The van der Waals surface area contributed by atoms with Crippen LogP contribution in [0, 0.1) is 13.8 Å². The van der Waals surface area contributed by atoms with Gasteiger partial charge < -0.3 is 9.13 Å². The zero-order valence-corrected chi connectivity index (χ0v) is 30.7. The first-order valence-electron chi connectivity index (χ1n) is 19.3. The van der Waals surface area contributed by atoms with Crippen molar-refractivity contribution >= 4 is 43.6 Å². The van der Waals surface area contributed by atoms with Crippen LogP contribution in [0.25, 0.3) is 82.7 Å². The van der Waals surface area contributed by atoms with E-state index in [2.05, 4.69) is 187 Å². The Balaban J connectivity index is 1.17. The summed E-state index contributed by atoms with van der Waals surface area (Å²) in [5, 5.41) is 5.32. The first kappa shape index (κ1) is 31.2. The molecular weight excluding hydrogens is 653 g/mol. The second-order valence-electron chi connectivity index (χ2n) is 15.3. The minimum absolute atomic E-state index is 0.276. The predicted molar refractivity (Wildman–Crippen MR) is 229 cm³/mol. The maximum atomic E-state index is 2.66. The lowest BCUT2D eigenvalue weighted by Crippen LogP contribution is -2.11. The summed E-state index contributed by atoms with van der Waals surface area (Å²) in [7, 11) is 0. The summed E-state index contributed by atoms with van der Waals surface area (Å²) < 4.78 is 5.13. The Kier molecular flexibility index (Phi) is 6.97. The van der Waals surface area contributed by atoms with E-state index in [-0.39, 0.29) is 6.04 Å². The van der Waals surface area contributed by atoms with E-state index < -0.39 is 0 Å². The van der Waals surface area contributed by atoms with E-state index in [0.29, 0.717) is 0 Å². The van der Waals surface area contributed by atoms with Gasteiger partial charge in [-0.2, -0.15) is 0 Å². The van der Waals surface area contributed by atoms with E-state index >= 15 is 0 Å². The first-order chi connectivity index (χ1) is 26.6. The summed E-state index contributed by atoms with van der Waals surface area (Å²) in [6.07, 6.45) is 12.1. The van der Waals surface area contributed by atoms with E-state index in [9.17, 15) is 0 Å². The summed E-state index contributed by atoms with van der Waals surface area (Å²) in [5.41, 5.74) is 19.8. The molecule has 7 aromatic carbocycles. The highest BCUT2D eigenvalue weighted by Gasteiger charge is 2.27. The minimum Gasteiger partial charge on any atom is -0.333 e. The third-order valence-electron chi connectivity index (χ3n) is 12.2. The van der Waals surface area contributed by atoms with Gasteiger partial charge in [-0.3, -0.25) is 0 Å². The standard InChI is InChI=1S/C52H40N2/c1-33-13-9-11-19-40(33)35-23-28-50-46(29-35)44-26-25-42-43(52(44)54(50)39-17-7-4-8-18-39)24-21-37-31-48-47-30-36(41-20-12-10-14-34(41)2)22-27-49(47)53(51(48)32-45(37)42)38-15-5-3-6-16-38/h3-17,19-20,22-23,25-32,39H,18,21,24H2,1-2H3.